The van der Waals surface area contributed by atoms with Crippen LogP contribution in [-0.4, -0.2) is 44.8 Å². The van der Waals surface area contributed by atoms with Crippen molar-refractivity contribution in [2.45, 2.75) is 27.3 Å². The number of fused-ring (bicyclic) bond motifs is 1. The number of nitrogens with one attached hydrogen (secondary N) is 1. The highest BCUT2D eigenvalue weighted by atomic mass is 15.3. The first-order valence-electron chi connectivity index (χ1n) is 7.12. The summed E-state index contributed by atoms with van der Waals surface area (Å²) in [5.41, 5.74) is 0.879. The molecule has 2 heterocycles. The van der Waals surface area contributed by atoms with Crippen LogP contribution in [0.15, 0.2) is 6.20 Å². The molecule has 0 unspecified atom stereocenters. The molecule has 2 aromatic heterocycles. The average Bonchev–Trinajstić information content (AvgIpc) is 2.71. The van der Waals surface area contributed by atoms with Crippen LogP contribution in [0, 0.1) is 5.92 Å². The first-order chi connectivity index (χ1) is 9.51. The summed E-state index contributed by atoms with van der Waals surface area (Å²) in [4.78, 5) is 11.5. The summed E-state index contributed by atoms with van der Waals surface area (Å²) >= 11 is 0. The number of aryl methyl sites for hydroxylation is 1. The maximum absolute atomic E-state index is 4.63. The molecule has 0 saturated heterocycles. The van der Waals surface area contributed by atoms with Gasteiger partial charge in [-0.1, -0.05) is 13.8 Å². The van der Waals surface area contributed by atoms with Crippen LogP contribution < -0.4 is 5.32 Å². The maximum Gasteiger partial charge on any atom is 0.163 e. The predicted octanol–water partition coefficient (Wildman–Crippen LogP) is 1.88. The second-order valence-corrected chi connectivity index (χ2v) is 5.61. The van der Waals surface area contributed by atoms with Gasteiger partial charge in [0, 0.05) is 20.1 Å². The van der Waals surface area contributed by atoms with Gasteiger partial charge >= 0.3 is 0 Å². The van der Waals surface area contributed by atoms with Gasteiger partial charge in [-0.25, -0.2) is 9.97 Å². The molecule has 0 spiro atoms. The van der Waals surface area contributed by atoms with Crippen molar-refractivity contribution >= 4 is 16.9 Å². The minimum absolute atomic E-state index is 0.633. The first kappa shape index (κ1) is 14.7. The fourth-order valence-corrected chi connectivity index (χ4v) is 2.37. The van der Waals surface area contributed by atoms with E-state index in [1.807, 2.05) is 13.2 Å². The van der Waals surface area contributed by atoms with E-state index in [-0.39, 0.29) is 0 Å². The molecule has 110 valence electrons. The molecule has 1 N–H and O–H groups in total. The highest BCUT2D eigenvalue weighted by Gasteiger charge is 2.12. The average molecular weight is 276 g/mol. The number of anilines is 1. The summed E-state index contributed by atoms with van der Waals surface area (Å²) in [6.07, 6.45) is 1.81. The summed E-state index contributed by atoms with van der Waals surface area (Å²) in [6, 6.07) is 0. The van der Waals surface area contributed by atoms with Crippen molar-refractivity contribution in [2.75, 3.05) is 25.5 Å². The predicted molar refractivity (Wildman–Crippen MR) is 81.6 cm³/mol. The number of nitrogens with zero attached hydrogens (tertiary/aromatic N) is 5. The smallest absolute Gasteiger partial charge is 0.163 e. The monoisotopic (exact) mass is 276 g/mol. The topological polar surface area (TPSA) is 58.9 Å². The van der Waals surface area contributed by atoms with Gasteiger partial charge in [0.2, 0.25) is 0 Å². The molecule has 0 aliphatic rings. The van der Waals surface area contributed by atoms with Gasteiger partial charge < -0.3 is 5.32 Å². The molecule has 2 aromatic rings. The van der Waals surface area contributed by atoms with Crippen LogP contribution >= 0.6 is 0 Å². The van der Waals surface area contributed by atoms with Gasteiger partial charge in [-0.2, -0.15) is 5.10 Å². The third kappa shape index (κ3) is 3.25. The van der Waals surface area contributed by atoms with Crippen molar-refractivity contribution in [2.24, 2.45) is 13.0 Å². The minimum Gasteiger partial charge on any atom is -0.370 e. The van der Waals surface area contributed by atoms with E-state index in [1.165, 1.54) is 0 Å². The lowest BCUT2D eigenvalue weighted by Crippen LogP contribution is -2.24. The van der Waals surface area contributed by atoms with Crippen LogP contribution in [0.25, 0.3) is 11.0 Å². The van der Waals surface area contributed by atoms with E-state index in [0.29, 0.717) is 5.92 Å². The summed E-state index contributed by atoms with van der Waals surface area (Å²) in [6.45, 7) is 9.11. The van der Waals surface area contributed by atoms with Crippen molar-refractivity contribution in [1.29, 1.82) is 0 Å². The van der Waals surface area contributed by atoms with Crippen molar-refractivity contribution in [3.05, 3.63) is 12.0 Å². The van der Waals surface area contributed by atoms with Gasteiger partial charge in [-0.15, -0.1) is 0 Å². The molecule has 0 atom stereocenters. The number of hydrogen-bond donors (Lipinski definition) is 1. The van der Waals surface area contributed by atoms with Gasteiger partial charge in [-0.05, 0) is 19.9 Å². The lowest BCUT2D eigenvalue weighted by atomic mass is 10.2. The molecule has 6 nitrogen and oxygen atoms in total. The molecule has 0 aromatic carbocycles. The van der Waals surface area contributed by atoms with Crippen LogP contribution in [0.2, 0.25) is 0 Å². The Bertz CT molecular complexity index is 574. The van der Waals surface area contributed by atoms with Gasteiger partial charge in [0.15, 0.2) is 5.65 Å². The first-order valence-corrected chi connectivity index (χ1v) is 7.12. The maximum atomic E-state index is 4.63. The van der Waals surface area contributed by atoms with Gasteiger partial charge in [0.05, 0.1) is 18.1 Å². The Hall–Kier alpha value is -1.69. The van der Waals surface area contributed by atoms with Crippen molar-refractivity contribution in [1.82, 2.24) is 24.6 Å². The molecule has 20 heavy (non-hydrogen) atoms. The van der Waals surface area contributed by atoms with E-state index in [4.69, 9.17) is 0 Å². The standard InChI is InChI=1S/C14H24N6/c1-6-15-13-11-7-16-20(5)14(11)18-12(17-13)9-19(4)8-10(2)3/h7,10H,6,8-9H2,1-5H3,(H,15,17,18). The van der Waals surface area contributed by atoms with E-state index >= 15 is 0 Å². The van der Waals surface area contributed by atoms with Crippen LogP contribution in [0.5, 0.6) is 0 Å². The summed E-state index contributed by atoms with van der Waals surface area (Å²) < 4.78 is 1.80. The third-order valence-electron chi connectivity index (χ3n) is 3.07. The van der Waals surface area contributed by atoms with Gasteiger partial charge in [0.25, 0.3) is 0 Å². The molecular formula is C14H24N6. The molecule has 0 amide bonds. The Balaban J connectivity index is 2.31. The Kier molecular flexibility index (Phi) is 4.54. The highest BCUT2D eigenvalue weighted by Crippen LogP contribution is 2.19. The largest absolute Gasteiger partial charge is 0.370 e. The summed E-state index contributed by atoms with van der Waals surface area (Å²) in [5.74, 6) is 2.34. The molecule has 0 saturated carbocycles. The molecule has 0 radical (unpaired) electrons. The molecule has 6 heteroatoms. The Morgan fingerprint density at radius 3 is 2.75 bits per heavy atom. The number of rotatable bonds is 6. The normalized spacial score (nSPS) is 11.8. The van der Waals surface area contributed by atoms with Crippen LogP contribution in [0.4, 0.5) is 5.82 Å². The Labute approximate surface area is 120 Å². The van der Waals surface area contributed by atoms with Crippen LogP contribution in [-0.2, 0) is 13.6 Å². The van der Waals surface area contributed by atoms with E-state index in [1.54, 1.807) is 4.68 Å². The zero-order valence-electron chi connectivity index (χ0n) is 13.0. The number of hydrogen-bond acceptors (Lipinski definition) is 5. The molecule has 0 aliphatic carbocycles. The van der Waals surface area contributed by atoms with Crippen molar-refractivity contribution in [3.8, 4) is 0 Å². The van der Waals surface area contributed by atoms with Gasteiger partial charge in [-0.3, -0.25) is 9.58 Å². The Morgan fingerprint density at radius 1 is 1.35 bits per heavy atom. The van der Waals surface area contributed by atoms with Crippen LogP contribution in [0.1, 0.15) is 26.6 Å². The van der Waals surface area contributed by atoms with E-state index in [0.717, 1.165) is 42.3 Å². The lowest BCUT2D eigenvalue weighted by Gasteiger charge is -2.18. The summed E-state index contributed by atoms with van der Waals surface area (Å²) in [7, 11) is 4.01. The fourth-order valence-electron chi connectivity index (χ4n) is 2.37. The second kappa shape index (κ2) is 6.17. The molecule has 2 rings (SSSR count). The summed E-state index contributed by atoms with van der Waals surface area (Å²) in [5, 5.41) is 8.54. The van der Waals surface area contributed by atoms with Crippen molar-refractivity contribution in [3.63, 3.8) is 0 Å². The zero-order valence-corrected chi connectivity index (χ0v) is 13.0. The minimum atomic E-state index is 0.633. The van der Waals surface area contributed by atoms with Gasteiger partial charge in [0.1, 0.15) is 11.6 Å². The SMILES string of the molecule is CCNc1nc(CN(C)CC(C)C)nc2c1cnn2C. The van der Waals surface area contributed by atoms with E-state index < -0.39 is 0 Å². The highest BCUT2D eigenvalue weighted by molar-refractivity contribution is 5.86. The van der Waals surface area contributed by atoms with Crippen LogP contribution in [0.3, 0.4) is 0 Å². The molecule has 0 bridgehead atoms. The fraction of sp³-hybridized carbons (Fsp3) is 0.643. The zero-order chi connectivity index (χ0) is 14.7. The second-order valence-electron chi connectivity index (χ2n) is 5.61. The van der Waals surface area contributed by atoms with E-state index in [9.17, 15) is 0 Å². The lowest BCUT2D eigenvalue weighted by molar-refractivity contribution is 0.282. The van der Waals surface area contributed by atoms with E-state index in [2.05, 4.69) is 53.1 Å². The molecule has 0 aliphatic heterocycles. The Morgan fingerprint density at radius 2 is 2.10 bits per heavy atom. The number of aromatic nitrogens is 4. The molecule has 0 fully saturated rings. The van der Waals surface area contributed by atoms with Crippen molar-refractivity contribution < 1.29 is 0 Å². The quantitative estimate of drug-likeness (QED) is 0.873. The third-order valence-corrected chi connectivity index (χ3v) is 3.07. The molecular weight excluding hydrogens is 252 g/mol.